The Balaban J connectivity index is 1.41. The standard InChI is InChI=1S/C19H20N4O2/c24-19(9-8-16-6-4-12-25-16)22-10-3-5-15(14-22)13-18-21-20-17-7-1-2-11-23(17)18/h1-2,4,6-9,11-12,15H,3,5,10,13-14H2/b9-8+. The van der Waals surface area contributed by atoms with Crippen LogP contribution in [0, 0.1) is 5.92 Å². The Morgan fingerprint density at radius 1 is 1.28 bits per heavy atom. The lowest BCUT2D eigenvalue weighted by Gasteiger charge is -2.31. The van der Waals surface area contributed by atoms with Gasteiger partial charge in [0.2, 0.25) is 5.91 Å². The number of fused-ring (bicyclic) bond motifs is 1. The first-order chi connectivity index (χ1) is 12.3. The van der Waals surface area contributed by atoms with Gasteiger partial charge in [-0.15, -0.1) is 10.2 Å². The number of piperidine rings is 1. The number of furan rings is 1. The SMILES string of the molecule is O=C(/C=C/c1ccco1)N1CCCC(Cc2nnc3ccccn23)C1. The number of amides is 1. The summed E-state index contributed by atoms with van der Waals surface area (Å²) in [6, 6.07) is 9.53. The predicted molar refractivity (Wildman–Crippen MR) is 93.7 cm³/mol. The topological polar surface area (TPSA) is 63.6 Å². The Morgan fingerprint density at radius 3 is 3.12 bits per heavy atom. The molecule has 1 saturated heterocycles. The second kappa shape index (κ2) is 6.93. The van der Waals surface area contributed by atoms with Gasteiger partial charge in [-0.2, -0.15) is 0 Å². The summed E-state index contributed by atoms with van der Waals surface area (Å²) in [5.41, 5.74) is 0.864. The zero-order valence-corrected chi connectivity index (χ0v) is 13.9. The van der Waals surface area contributed by atoms with E-state index in [9.17, 15) is 4.79 Å². The van der Waals surface area contributed by atoms with Crippen LogP contribution < -0.4 is 0 Å². The van der Waals surface area contributed by atoms with Crippen LogP contribution in [-0.2, 0) is 11.2 Å². The second-order valence-corrected chi connectivity index (χ2v) is 6.39. The summed E-state index contributed by atoms with van der Waals surface area (Å²) in [6.45, 7) is 1.56. The van der Waals surface area contributed by atoms with Gasteiger partial charge in [-0.1, -0.05) is 6.07 Å². The molecule has 1 atom stereocenters. The van der Waals surface area contributed by atoms with E-state index in [1.54, 1.807) is 18.4 Å². The number of hydrogen-bond donors (Lipinski definition) is 0. The van der Waals surface area contributed by atoms with E-state index in [0.717, 1.165) is 43.8 Å². The van der Waals surface area contributed by atoms with E-state index >= 15 is 0 Å². The molecule has 1 fully saturated rings. The molecule has 0 N–H and O–H groups in total. The van der Waals surface area contributed by atoms with E-state index in [1.165, 1.54) is 0 Å². The van der Waals surface area contributed by atoms with Crippen molar-refractivity contribution in [1.29, 1.82) is 0 Å². The maximum Gasteiger partial charge on any atom is 0.246 e. The van der Waals surface area contributed by atoms with E-state index in [2.05, 4.69) is 10.2 Å². The third kappa shape index (κ3) is 3.47. The largest absolute Gasteiger partial charge is 0.465 e. The summed E-state index contributed by atoms with van der Waals surface area (Å²) in [5, 5.41) is 8.52. The number of rotatable bonds is 4. The number of hydrogen-bond acceptors (Lipinski definition) is 4. The maximum atomic E-state index is 12.4. The van der Waals surface area contributed by atoms with Gasteiger partial charge in [0.15, 0.2) is 5.65 Å². The predicted octanol–water partition coefficient (Wildman–Crippen LogP) is 2.82. The molecule has 0 aliphatic carbocycles. The third-order valence-corrected chi connectivity index (χ3v) is 4.62. The molecule has 0 radical (unpaired) electrons. The minimum Gasteiger partial charge on any atom is -0.465 e. The highest BCUT2D eigenvalue weighted by molar-refractivity contribution is 5.91. The summed E-state index contributed by atoms with van der Waals surface area (Å²) in [7, 11) is 0. The van der Waals surface area contributed by atoms with Crippen molar-refractivity contribution < 1.29 is 9.21 Å². The van der Waals surface area contributed by atoms with Gasteiger partial charge in [0.1, 0.15) is 11.6 Å². The van der Waals surface area contributed by atoms with Gasteiger partial charge >= 0.3 is 0 Å². The van der Waals surface area contributed by atoms with Crippen molar-refractivity contribution in [3.63, 3.8) is 0 Å². The highest BCUT2D eigenvalue weighted by Crippen LogP contribution is 2.21. The highest BCUT2D eigenvalue weighted by atomic mass is 16.3. The van der Waals surface area contributed by atoms with Crippen molar-refractivity contribution in [2.45, 2.75) is 19.3 Å². The van der Waals surface area contributed by atoms with Crippen molar-refractivity contribution in [3.8, 4) is 0 Å². The lowest BCUT2D eigenvalue weighted by atomic mass is 9.94. The molecule has 1 amide bonds. The molecule has 6 heteroatoms. The van der Waals surface area contributed by atoms with Gasteiger partial charge in [-0.05, 0) is 49.1 Å². The summed E-state index contributed by atoms with van der Waals surface area (Å²) in [6.07, 6.45) is 9.85. The molecule has 0 saturated carbocycles. The molecule has 3 aromatic heterocycles. The zero-order valence-electron chi connectivity index (χ0n) is 13.9. The fourth-order valence-corrected chi connectivity index (χ4v) is 3.37. The Bertz CT molecular complexity index is 882. The van der Waals surface area contributed by atoms with E-state index in [4.69, 9.17) is 4.42 Å². The average Bonchev–Trinajstić information content (AvgIpc) is 3.30. The summed E-state index contributed by atoms with van der Waals surface area (Å²) in [4.78, 5) is 14.3. The molecule has 25 heavy (non-hydrogen) atoms. The summed E-state index contributed by atoms with van der Waals surface area (Å²) < 4.78 is 7.25. The van der Waals surface area contributed by atoms with Crippen LogP contribution in [-0.4, -0.2) is 38.5 Å². The molecule has 1 aliphatic heterocycles. The monoisotopic (exact) mass is 336 g/mol. The minimum absolute atomic E-state index is 0.0344. The maximum absolute atomic E-state index is 12.4. The molecule has 1 unspecified atom stereocenters. The van der Waals surface area contributed by atoms with Gasteiger partial charge in [0, 0.05) is 31.8 Å². The van der Waals surface area contributed by atoms with Crippen LogP contribution in [0.1, 0.15) is 24.4 Å². The van der Waals surface area contributed by atoms with Crippen LogP contribution in [0.25, 0.3) is 11.7 Å². The van der Waals surface area contributed by atoms with E-state index < -0.39 is 0 Å². The highest BCUT2D eigenvalue weighted by Gasteiger charge is 2.24. The number of carbonyl (C=O) groups is 1. The van der Waals surface area contributed by atoms with Gasteiger partial charge in [0.05, 0.1) is 6.26 Å². The first-order valence-electron chi connectivity index (χ1n) is 8.59. The second-order valence-electron chi connectivity index (χ2n) is 6.39. The van der Waals surface area contributed by atoms with E-state index in [1.807, 2.05) is 45.8 Å². The minimum atomic E-state index is 0.0344. The van der Waals surface area contributed by atoms with Crippen LogP contribution in [0.5, 0.6) is 0 Å². The Hall–Kier alpha value is -2.89. The lowest BCUT2D eigenvalue weighted by Crippen LogP contribution is -2.39. The van der Waals surface area contributed by atoms with Crippen molar-refractivity contribution in [1.82, 2.24) is 19.5 Å². The van der Waals surface area contributed by atoms with Gasteiger partial charge < -0.3 is 9.32 Å². The number of carbonyl (C=O) groups excluding carboxylic acids is 1. The fraction of sp³-hybridized carbons (Fsp3) is 0.316. The molecular weight excluding hydrogens is 316 g/mol. The number of likely N-dealkylation sites (tertiary alicyclic amines) is 1. The molecule has 3 aromatic rings. The molecule has 0 spiro atoms. The molecule has 0 aromatic carbocycles. The number of nitrogens with zero attached hydrogens (tertiary/aromatic N) is 4. The lowest BCUT2D eigenvalue weighted by molar-refractivity contribution is -0.127. The first kappa shape index (κ1) is 15.6. The molecular formula is C19H20N4O2. The van der Waals surface area contributed by atoms with E-state index in [0.29, 0.717) is 11.7 Å². The smallest absolute Gasteiger partial charge is 0.246 e. The molecule has 4 rings (SSSR count). The van der Waals surface area contributed by atoms with Crippen molar-refractivity contribution >= 4 is 17.6 Å². The molecule has 4 heterocycles. The normalized spacial score (nSPS) is 18.2. The average molecular weight is 336 g/mol. The Labute approximate surface area is 145 Å². The summed E-state index contributed by atoms with van der Waals surface area (Å²) in [5.74, 6) is 2.09. The Morgan fingerprint density at radius 2 is 2.24 bits per heavy atom. The van der Waals surface area contributed by atoms with Crippen LogP contribution in [0.4, 0.5) is 0 Å². The van der Waals surface area contributed by atoms with Crippen molar-refractivity contribution in [2.24, 2.45) is 5.92 Å². The van der Waals surface area contributed by atoms with Crippen LogP contribution >= 0.6 is 0 Å². The molecule has 1 aliphatic rings. The summed E-state index contributed by atoms with van der Waals surface area (Å²) >= 11 is 0. The van der Waals surface area contributed by atoms with Crippen LogP contribution in [0.15, 0.2) is 53.3 Å². The fourth-order valence-electron chi connectivity index (χ4n) is 3.37. The van der Waals surface area contributed by atoms with Gasteiger partial charge in [-0.3, -0.25) is 9.20 Å². The molecule has 6 nitrogen and oxygen atoms in total. The Kier molecular flexibility index (Phi) is 4.33. The number of aromatic nitrogens is 3. The molecule has 0 bridgehead atoms. The van der Waals surface area contributed by atoms with Crippen molar-refractivity contribution in [2.75, 3.05) is 13.1 Å². The van der Waals surface area contributed by atoms with Crippen LogP contribution in [0.3, 0.4) is 0 Å². The first-order valence-corrected chi connectivity index (χ1v) is 8.59. The van der Waals surface area contributed by atoms with Gasteiger partial charge in [0.25, 0.3) is 0 Å². The quantitative estimate of drug-likeness (QED) is 0.687. The third-order valence-electron chi connectivity index (χ3n) is 4.62. The van der Waals surface area contributed by atoms with Crippen molar-refractivity contribution in [3.05, 3.63) is 60.5 Å². The van der Waals surface area contributed by atoms with E-state index in [-0.39, 0.29) is 5.91 Å². The zero-order chi connectivity index (χ0) is 17.1. The number of pyridine rings is 1. The van der Waals surface area contributed by atoms with Gasteiger partial charge in [-0.25, -0.2) is 0 Å². The van der Waals surface area contributed by atoms with Crippen LogP contribution in [0.2, 0.25) is 0 Å². The molecule has 128 valence electrons.